The molecule has 0 bridgehead atoms. The van der Waals surface area contributed by atoms with Crippen LogP contribution in [0.4, 0.5) is 0 Å². The summed E-state index contributed by atoms with van der Waals surface area (Å²) in [5.41, 5.74) is 0.607. The van der Waals surface area contributed by atoms with Crippen molar-refractivity contribution in [2.45, 2.75) is 6.92 Å². The maximum absolute atomic E-state index is 12.0. The monoisotopic (exact) mass is 525 g/mol. The van der Waals surface area contributed by atoms with Gasteiger partial charge >= 0.3 is 0 Å². The highest BCUT2D eigenvalue weighted by atomic mass is 127. The molecule has 0 aliphatic heterocycles. The van der Waals surface area contributed by atoms with Crippen LogP contribution in [0.25, 0.3) is 0 Å². The van der Waals surface area contributed by atoms with Gasteiger partial charge < -0.3 is 20.9 Å². The van der Waals surface area contributed by atoms with Crippen molar-refractivity contribution in [2.24, 2.45) is 4.99 Å². The van der Waals surface area contributed by atoms with E-state index in [1.807, 2.05) is 19.1 Å². The molecule has 1 aromatic carbocycles. The molecule has 0 radical (unpaired) electrons. The molecule has 0 fully saturated rings. The normalized spacial score (nSPS) is 10.5. The fourth-order valence-electron chi connectivity index (χ4n) is 1.69. The van der Waals surface area contributed by atoms with E-state index in [0.717, 1.165) is 4.47 Å². The molecule has 25 heavy (non-hydrogen) atoms. The second-order valence-electron chi connectivity index (χ2n) is 5.17. The lowest BCUT2D eigenvalue weighted by atomic mass is 10.2. The van der Waals surface area contributed by atoms with Crippen LogP contribution in [0.3, 0.4) is 0 Å². The van der Waals surface area contributed by atoms with E-state index in [-0.39, 0.29) is 42.3 Å². The number of carbonyl (C=O) groups excluding carboxylic acids is 2. The van der Waals surface area contributed by atoms with Crippen LogP contribution in [-0.4, -0.2) is 62.9 Å². The van der Waals surface area contributed by atoms with Crippen molar-refractivity contribution in [1.29, 1.82) is 0 Å². The first-order valence-electron chi connectivity index (χ1n) is 7.70. The summed E-state index contributed by atoms with van der Waals surface area (Å²) in [6.07, 6.45) is 0. The minimum Gasteiger partial charge on any atom is -0.357 e. The number of likely N-dealkylation sites (N-methyl/N-ethyl adjacent to an activating group) is 1. The second-order valence-corrected chi connectivity index (χ2v) is 6.09. The molecule has 0 saturated heterocycles. The van der Waals surface area contributed by atoms with Gasteiger partial charge in [-0.3, -0.25) is 9.59 Å². The number of benzene rings is 1. The van der Waals surface area contributed by atoms with Crippen molar-refractivity contribution < 1.29 is 9.59 Å². The Morgan fingerprint density at radius 3 is 2.24 bits per heavy atom. The van der Waals surface area contributed by atoms with E-state index in [1.54, 1.807) is 26.2 Å². The van der Waals surface area contributed by atoms with E-state index in [4.69, 9.17) is 0 Å². The molecule has 0 atom stereocenters. The predicted octanol–water partition coefficient (Wildman–Crippen LogP) is 1.44. The molecule has 0 unspecified atom stereocenters. The van der Waals surface area contributed by atoms with Crippen molar-refractivity contribution in [1.82, 2.24) is 20.9 Å². The summed E-state index contributed by atoms with van der Waals surface area (Å²) >= 11 is 3.33. The molecule has 1 aromatic rings. The molecule has 0 saturated carbocycles. The summed E-state index contributed by atoms with van der Waals surface area (Å²) < 4.78 is 0.930. The van der Waals surface area contributed by atoms with Gasteiger partial charge in [-0.15, -0.1) is 24.0 Å². The van der Waals surface area contributed by atoms with Crippen molar-refractivity contribution in [3.63, 3.8) is 0 Å². The number of nitrogens with zero attached hydrogens (tertiary/aromatic N) is 2. The van der Waals surface area contributed by atoms with E-state index >= 15 is 0 Å². The molecule has 9 heteroatoms. The quantitative estimate of drug-likeness (QED) is 0.218. The number of rotatable bonds is 7. The fraction of sp³-hybridized carbons (Fsp3) is 0.438. The molecule has 0 heterocycles. The Kier molecular flexibility index (Phi) is 12.2. The lowest BCUT2D eigenvalue weighted by Gasteiger charge is -2.13. The maximum atomic E-state index is 12.0. The fourth-order valence-corrected chi connectivity index (χ4v) is 1.95. The molecule has 0 aliphatic rings. The first kappa shape index (κ1) is 23.6. The molecule has 3 N–H and O–H groups in total. The Morgan fingerprint density at radius 1 is 1.08 bits per heavy atom. The van der Waals surface area contributed by atoms with E-state index in [2.05, 4.69) is 36.9 Å². The largest absolute Gasteiger partial charge is 0.357 e. The summed E-state index contributed by atoms with van der Waals surface area (Å²) in [6, 6.07) is 7.16. The highest BCUT2D eigenvalue weighted by Crippen LogP contribution is 2.10. The minimum absolute atomic E-state index is 0. The van der Waals surface area contributed by atoms with Gasteiger partial charge in [-0.05, 0) is 31.2 Å². The number of hydrogen-bond donors (Lipinski definition) is 3. The third-order valence-corrected chi connectivity index (χ3v) is 3.55. The molecule has 0 spiro atoms. The van der Waals surface area contributed by atoms with Crippen LogP contribution >= 0.6 is 39.9 Å². The average molecular weight is 526 g/mol. The Balaban J connectivity index is 0.00000576. The molecule has 1 rings (SSSR count). The van der Waals surface area contributed by atoms with Crippen LogP contribution in [0, 0.1) is 0 Å². The number of carbonyl (C=O) groups is 2. The van der Waals surface area contributed by atoms with E-state index in [0.29, 0.717) is 31.2 Å². The molecular formula is C16H25BrIN5O2. The van der Waals surface area contributed by atoms with Crippen LogP contribution in [0.1, 0.15) is 17.3 Å². The van der Waals surface area contributed by atoms with Crippen molar-refractivity contribution in [3.8, 4) is 0 Å². The van der Waals surface area contributed by atoms with E-state index in [1.165, 1.54) is 4.90 Å². The number of halogens is 2. The van der Waals surface area contributed by atoms with Crippen LogP contribution in [0.15, 0.2) is 33.7 Å². The topological polar surface area (TPSA) is 85.8 Å². The third kappa shape index (κ3) is 9.63. The summed E-state index contributed by atoms with van der Waals surface area (Å²) in [7, 11) is 3.38. The summed E-state index contributed by atoms with van der Waals surface area (Å²) in [5, 5.41) is 8.95. The molecule has 0 aromatic heterocycles. The third-order valence-electron chi connectivity index (χ3n) is 3.02. The zero-order valence-electron chi connectivity index (χ0n) is 14.6. The van der Waals surface area contributed by atoms with Gasteiger partial charge in [0.25, 0.3) is 5.91 Å². The Hall–Kier alpha value is -1.36. The maximum Gasteiger partial charge on any atom is 0.251 e. The average Bonchev–Trinajstić information content (AvgIpc) is 2.56. The van der Waals surface area contributed by atoms with Gasteiger partial charge in [0.15, 0.2) is 5.96 Å². The zero-order chi connectivity index (χ0) is 17.9. The number of nitrogens with one attached hydrogen (secondary N) is 3. The van der Waals surface area contributed by atoms with E-state index < -0.39 is 0 Å². The lowest BCUT2D eigenvalue weighted by Crippen LogP contribution is -2.42. The smallest absolute Gasteiger partial charge is 0.251 e. The minimum atomic E-state index is -0.131. The van der Waals surface area contributed by atoms with Crippen molar-refractivity contribution in [2.75, 3.05) is 40.3 Å². The van der Waals surface area contributed by atoms with Gasteiger partial charge in [-0.25, -0.2) is 4.99 Å². The van der Waals surface area contributed by atoms with Gasteiger partial charge in [-0.1, -0.05) is 15.9 Å². The number of hydrogen-bond acceptors (Lipinski definition) is 3. The Morgan fingerprint density at radius 2 is 1.68 bits per heavy atom. The molecular weight excluding hydrogens is 501 g/mol. The lowest BCUT2D eigenvalue weighted by molar-refractivity contribution is -0.127. The number of amides is 2. The van der Waals surface area contributed by atoms with E-state index in [9.17, 15) is 9.59 Å². The second kappa shape index (κ2) is 12.9. The van der Waals surface area contributed by atoms with Crippen LogP contribution in [-0.2, 0) is 4.79 Å². The number of guanidine groups is 1. The molecule has 7 nitrogen and oxygen atoms in total. The van der Waals surface area contributed by atoms with Crippen molar-refractivity contribution in [3.05, 3.63) is 34.3 Å². The zero-order valence-corrected chi connectivity index (χ0v) is 18.6. The standard InChI is InChI=1S/C16H24BrN5O2.HI/c1-4-18-16(21-11-14(23)22(2)3)20-10-9-19-15(24)12-5-7-13(17)8-6-12;/h5-8H,4,9-11H2,1-3H3,(H,19,24)(H2,18,20,21);1H. The first-order valence-corrected chi connectivity index (χ1v) is 8.49. The van der Waals surface area contributed by atoms with Crippen molar-refractivity contribution >= 4 is 57.7 Å². The van der Waals surface area contributed by atoms with Crippen LogP contribution in [0.2, 0.25) is 0 Å². The molecule has 0 aliphatic carbocycles. The van der Waals surface area contributed by atoms with Crippen LogP contribution in [0.5, 0.6) is 0 Å². The van der Waals surface area contributed by atoms with Gasteiger partial charge in [0.1, 0.15) is 6.54 Å². The number of aliphatic imine (C=N–C) groups is 1. The summed E-state index contributed by atoms with van der Waals surface area (Å²) in [5.74, 6) is 0.343. The van der Waals surface area contributed by atoms with Gasteiger partial charge in [-0.2, -0.15) is 0 Å². The summed E-state index contributed by atoms with van der Waals surface area (Å²) in [4.78, 5) is 29.2. The highest BCUT2D eigenvalue weighted by molar-refractivity contribution is 14.0. The van der Waals surface area contributed by atoms with Crippen LogP contribution < -0.4 is 16.0 Å². The SMILES string of the molecule is CCNC(=NCC(=O)N(C)C)NCCNC(=O)c1ccc(Br)cc1.I. The summed E-state index contributed by atoms with van der Waals surface area (Å²) in [6.45, 7) is 3.66. The van der Waals surface area contributed by atoms with Gasteiger partial charge in [0.2, 0.25) is 5.91 Å². The molecule has 140 valence electrons. The predicted molar refractivity (Wildman–Crippen MR) is 115 cm³/mol. The first-order chi connectivity index (χ1) is 11.4. The Bertz CT molecular complexity index is 578. The molecule has 2 amide bonds. The highest BCUT2D eigenvalue weighted by Gasteiger charge is 2.05. The van der Waals surface area contributed by atoms with Gasteiger partial charge in [0.05, 0.1) is 0 Å². The Labute approximate surface area is 174 Å². The van der Waals surface area contributed by atoms with Gasteiger partial charge in [0, 0.05) is 43.8 Å².